The number of likely N-dealkylation sites (tertiary alicyclic amines) is 1. The first-order valence-corrected chi connectivity index (χ1v) is 9.47. The van der Waals surface area contributed by atoms with Crippen LogP contribution < -0.4 is 4.90 Å². The summed E-state index contributed by atoms with van der Waals surface area (Å²) in [7, 11) is 0. The van der Waals surface area contributed by atoms with Gasteiger partial charge < -0.3 is 9.80 Å². The lowest BCUT2D eigenvalue weighted by molar-refractivity contribution is 0.0783. The second-order valence-corrected chi connectivity index (χ2v) is 7.51. The van der Waals surface area contributed by atoms with Gasteiger partial charge in [-0.3, -0.25) is 9.89 Å². The van der Waals surface area contributed by atoms with E-state index in [2.05, 4.69) is 30.0 Å². The standard InChI is InChI=1S/C20H21N7O.H2/c1-13-6-7-21-20(24-13)27-10-14-8-26(9-15(14)11-27)19(28)17-5-3-2-4-16(17)18-22-12-23-25-18;/h2-7,12,14-15H,8-11H2,1H3,(H,22,23,25);1H. The van der Waals surface area contributed by atoms with Crippen LogP contribution in [0.25, 0.3) is 11.4 Å². The molecule has 2 fully saturated rings. The van der Waals surface area contributed by atoms with Crippen LogP contribution in [0.5, 0.6) is 0 Å². The van der Waals surface area contributed by atoms with Gasteiger partial charge in [0, 0.05) is 56.9 Å². The van der Waals surface area contributed by atoms with Crippen molar-refractivity contribution in [2.24, 2.45) is 11.8 Å². The topological polar surface area (TPSA) is 90.9 Å². The van der Waals surface area contributed by atoms with E-state index in [-0.39, 0.29) is 7.33 Å². The molecule has 1 N–H and O–H groups in total. The highest BCUT2D eigenvalue weighted by molar-refractivity contribution is 6.00. The Bertz CT molecular complexity index is 996. The minimum Gasteiger partial charge on any atom is -0.340 e. The summed E-state index contributed by atoms with van der Waals surface area (Å²) in [6, 6.07) is 9.48. The molecule has 0 saturated carbocycles. The number of aromatic nitrogens is 5. The molecule has 5 rings (SSSR count). The number of carbonyl (C=O) groups excluding carboxylic acids is 1. The summed E-state index contributed by atoms with van der Waals surface area (Å²) in [4.78, 5) is 30.6. The van der Waals surface area contributed by atoms with E-state index in [0.717, 1.165) is 43.4 Å². The van der Waals surface area contributed by atoms with Crippen molar-refractivity contribution >= 4 is 11.9 Å². The molecule has 2 aliphatic heterocycles. The van der Waals surface area contributed by atoms with Crippen molar-refractivity contribution < 1.29 is 6.22 Å². The van der Waals surface area contributed by atoms with Gasteiger partial charge in [0.25, 0.3) is 5.91 Å². The number of amides is 1. The Balaban J connectivity index is 0.00000205. The first kappa shape index (κ1) is 16.9. The third-order valence-corrected chi connectivity index (χ3v) is 5.67. The summed E-state index contributed by atoms with van der Waals surface area (Å²) in [5.74, 6) is 2.37. The summed E-state index contributed by atoms with van der Waals surface area (Å²) < 4.78 is 0. The number of carbonyl (C=O) groups is 1. The molecule has 0 radical (unpaired) electrons. The number of benzene rings is 1. The lowest BCUT2D eigenvalue weighted by atomic mass is 10.0. The van der Waals surface area contributed by atoms with E-state index in [1.54, 1.807) is 0 Å². The molecule has 2 unspecified atom stereocenters. The lowest BCUT2D eigenvalue weighted by Crippen LogP contribution is -2.34. The van der Waals surface area contributed by atoms with E-state index in [0.29, 0.717) is 23.2 Å². The Hall–Kier alpha value is -3.29. The highest BCUT2D eigenvalue weighted by Crippen LogP contribution is 2.34. The average Bonchev–Trinajstić information content (AvgIpc) is 3.43. The highest BCUT2D eigenvalue weighted by atomic mass is 16.2. The van der Waals surface area contributed by atoms with Gasteiger partial charge >= 0.3 is 0 Å². The van der Waals surface area contributed by atoms with Crippen LogP contribution in [-0.2, 0) is 0 Å². The lowest BCUT2D eigenvalue weighted by Gasteiger charge is -2.22. The smallest absolute Gasteiger partial charge is 0.254 e. The Morgan fingerprint density at radius 3 is 2.61 bits per heavy atom. The predicted octanol–water partition coefficient (Wildman–Crippen LogP) is 2.02. The van der Waals surface area contributed by atoms with Crippen molar-refractivity contribution in [2.45, 2.75) is 6.92 Å². The number of hydrogen-bond acceptors (Lipinski definition) is 6. The predicted molar refractivity (Wildman–Crippen MR) is 106 cm³/mol. The number of fused-ring (bicyclic) bond motifs is 1. The SMILES string of the molecule is Cc1ccnc(N2CC3CN(C(=O)c4ccccc4-c4ncn[nH]4)CC3C2)n1.[HH]. The monoisotopic (exact) mass is 377 g/mol. The number of aryl methyl sites for hydroxylation is 1. The number of aromatic amines is 1. The molecule has 0 bridgehead atoms. The second kappa shape index (κ2) is 6.70. The van der Waals surface area contributed by atoms with Gasteiger partial charge in [-0.2, -0.15) is 5.10 Å². The van der Waals surface area contributed by atoms with Gasteiger partial charge in [0.15, 0.2) is 5.82 Å². The van der Waals surface area contributed by atoms with Gasteiger partial charge in [-0.05, 0) is 19.1 Å². The Labute approximate surface area is 164 Å². The van der Waals surface area contributed by atoms with Crippen molar-refractivity contribution in [3.05, 3.63) is 54.1 Å². The number of anilines is 1. The molecule has 4 heterocycles. The van der Waals surface area contributed by atoms with Crippen molar-refractivity contribution in [1.82, 2.24) is 30.0 Å². The number of hydrogen-bond donors (Lipinski definition) is 1. The van der Waals surface area contributed by atoms with Gasteiger partial charge in [0.05, 0.1) is 5.56 Å². The molecular formula is C20H23N7O. The normalized spacial score (nSPS) is 21.2. The maximum atomic E-state index is 13.2. The van der Waals surface area contributed by atoms with E-state index >= 15 is 0 Å². The fraction of sp³-hybridized carbons (Fsp3) is 0.350. The first-order chi connectivity index (χ1) is 13.7. The molecule has 1 aromatic carbocycles. The molecule has 3 aromatic rings. The molecule has 8 nitrogen and oxygen atoms in total. The van der Waals surface area contributed by atoms with Crippen LogP contribution in [0.1, 0.15) is 17.5 Å². The van der Waals surface area contributed by atoms with E-state index < -0.39 is 0 Å². The van der Waals surface area contributed by atoms with E-state index in [1.165, 1.54) is 6.33 Å². The molecule has 2 aromatic heterocycles. The number of H-pyrrole nitrogens is 1. The van der Waals surface area contributed by atoms with Gasteiger partial charge in [-0.1, -0.05) is 18.2 Å². The molecule has 2 aliphatic rings. The van der Waals surface area contributed by atoms with Crippen LogP contribution in [0.3, 0.4) is 0 Å². The molecule has 2 atom stereocenters. The average molecular weight is 377 g/mol. The van der Waals surface area contributed by atoms with Crippen LogP contribution >= 0.6 is 0 Å². The summed E-state index contributed by atoms with van der Waals surface area (Å²) in [5.41, 5.74) is 2.43. The van der Waals surface area contributed by atoms with E-state index in [1.807, 2.05) is 48.4 Å². The summed E-state index contributed by atoms with van der Waals surface area (Å²) in [6.45, 7) is 5.28. The van der Waals surface area contributed by atoms with Gasteiger partial charge in [-0.25, -0.2) is 15.0 Å². The minimum atomic E-state index is 0. The maximum absolute atomic E-state index is 13.2. The molecule has 2 saturated heterocycles. The minimum absolute atomic E-state index is 0. The fourth-order valence-electron chi connectivity index (χ4n) is 4.29. The highest BCUT2D eigenvalue weighted by Gasteiger charge is 2.42. The van der Waals surface area contributed by atoms with Crippen LogP contribution in [-0.4, -0.2) is 62.1 Å². The molecule has 8 heteroatoms. The zero-order valence-electron chi connectivity index (χ0n) is 15.6. The van der Waals surface area contributed by atoms with Crippen LogP contribution in [0, 0.1) is 18.8 Å². The molecule has 0 aliphatic carbocycles. The number of rotatable bonds is 3. The Morgan fingerprint density at radius 2 is 1.89 bits per heavy atom. The maximum Gasteiger partial charge on any atom is 0.254 e. The molecule has 144 valence electrons. The summed E-state index contributed by atoms with van der Waals surface area (Å²) in [6.07, 6.45) is 3.26. The first-order valence-electron chi connectivity index (χ1n) is 9.47. The zero-order valence-corrected chi connectivity index (χ0v) is 15.6. The van der Waals surface area contributed by atoms with Crippen LogP contribution in [0.4, 0.5) is 5.95 Å². The van der Waals surface area contributed by atoms with E-state index in [4.69, 9.17) is 0 Å². The Morgan fingerprint density at radius 1 is 1.11 bits per heavy atom. The molecule has 1 amide bonds. The largest absolute Gasteiger partial charge is 0.340 e. The molecular weight excluding hydrogens is 354 g/mol. The zero-order chi connectivity index (χ0) is 19.1. The van der Waals surface area contributed by atoms with Crippen LogP contribution in [0.15, 0.2) is 42.9 Å². The van der Waals surface area contributed by atoms with Crippen molar-refractivity contribution in [3.8, 4) is 11.4 Å². The molecule has 28 heavy (non-hydrogen) atoms. The second-order valence-electron chi connectivity index (χ2n) is 7.51. The fourth-order valence-corrected chi connectivity index (χ4v) is 4.29. The van der Waals surface area contributed by atoms with Crippen molar-refractivity contribution in [2.75, 3.05) is 31.1 Å². The summed E-state index contributed by atoms with van der Waals surface area (Å²) in [5, 5.41) is 6.76. The van der Waals surface area contributed by atoms with Gasteiger partial charge in [-0.15, -0.1) is 0 Å². The van der Waals surface area contributed by atoms with Crippen molar-refractivity contribution in [1.29, 1.82) is 0 Å². The summed E-state index contributed by atoms with van der Waals surface area (Å²) >= 11 is 0. The van der Waals surface area contributed by atoms with Crippen molar-refractivity contribution in [3.63, 3.8) is 0 Å². The van der Waals surface area contributed by atoms with Gasteiger partial charge in [0.2, 0.25) is 5.95 Å². The third-order valence-electron chi connectivity index (χ3n) is 5.67. The number of nitrogens with one attached hydrogen (secondary N) is 1. The quantitative estimate of drug-likeness (QED) is 0.751. The third kappa shape index (κ3) is 2.90. The Kier molecular flexibility index (Phi) is 4.03. The molecule has 0 spiro atoms. The van der Waals surface area contributed by atoms with E-state index in [9.17, 15) is 4.79 Å². The number of nitrogens with zero attached hydrogens (tertiary/aromatic N) is 6. The van der Waals surface area contributed by atoms with Crippen LogP contribution in [0.2, 0.25) is 0 Å². The van der Waals surface area contributed by atoms with Gasteiger partial charge in [0.1, 0.15) is 6.33 Å².